The van der Waals surface area contributed by atoms with Crippen LogP contribution in [0.25, 0.3) is 43.1 Å². The Balaban J connectivity index is 0.00000101. The second kappa shape index (κ2) is 18.7. The Morgan fingerprint density at radius 2 is 0.316 bits per heavy atom. The summed E-state index contributed by atoms with van der Waals surface area (Å²) in [5.41, 5.74) is -15.9. The van der Waals surface area contributed by atoms with E-state index in [1.54, 1.807) is 0 Å². The normalized spacial score (nSPS) is 11.9. The summed E-state index contributed by atoms with van der Waals surface area (Å²) in [6.45, 7) is 0. The lowest BCUT2D eigenvalue weighted by atomic mass is 9.12. The summed E-state index contributed by atoms with van der Waals surface area (Å²) in [6.07, 6.45) is -7.99. The third-order valence-corrected chi connectivity index (χ3v) is 12.0. The molecule has 9 rings (SSSR count). The first-order valence-electron chi connectivity index (χ1n) is 19.8. The van der Waals surface area contributed by atoms with Crippen LogP contribution in [0.1, 0.15) is 0 Å². The van der Waals surface area contributed by atoms with E-state index in [-0.39, 0.29) is 0 Å². The molecule has 0 saturated carbocycles. The molecule has 394 valence electrons. The van der Waals surface area contributed by atoms with E-state index >= 15 is 87.8 Å². The van der Waals surface area contributed by atoms with Crippen molar-refractivity contribution in [3.63, 3.8) is 0 Å². The maximum absolute atomic E-state index is 17.4. The maximum atomic E-state index is 17.4. The molecular weight excluding hydrogens is 1110 g/mol. The summed E-state index contributed by atoms with van der Waals surface area (Å²) in [7, 11) is 0. The van der Waals surface area contributed by atoms with Crippen LogP contribution in [0.2, 0.25) is 0 Å². The molecule has 0 N–H and O–H groups in total. The molecule has 29 heteroatoms. The van der Waals surface area contributed by atoms with Crippen molar-refractivity contribution in [1.29, 1.82) is 0 Å². The second-order valence-electron chi connectivity index (χ2n) is 15.7. The van der Waals surface area contributed by atoms with Crippen molar-refractivity contribution in [2.75, 3.05) is 0 Å². The first kappa shape index (κ1) is 54.3. The Bertz CT molecular complexity index is 3570. The topological polar surface area (TPSA) is 0 Å². The van der Waals surface area contributed by atoms with Gasteiger partial charge in [-0.3, -0.25) is 0 Å². The van der Waals surface area contributed by atoms with Gasteiger partial charge in [0.25, 0.3) is 0 Å². The van der Waals surface area contributed by atoms with Gasteiger partial charge in [-0.05, 0) is 0 Å². The van der Waals surface area contributed by atoms with Crippen LogP contribution in [0.15, 0.2) is 42.5 Å². The monoisotopic (exact) mass is 1110 g/mol. The minimum absolute atomic E-state index is 2.00. The van der Waals surface area contributed by atoms with Gasteiger partial charge in [-0.1, -0.05) is 0 Å². The number of rotatable bonds is 4. The minimum atomic E-state index is -7.99. The van der Waals surface area contributed by atoms with E-state index < -0.39 is 234 Å². The summed E-state index contributed by atoms with van der Waals surface area (Å²) in [6, 6.07) is 14.0. The highest BCUT2D eigenvalue weighted by atomic mass is 19.2. The smallest absolute Gasteiger partial charge is 0.198 e. The average molecular weight is 1110 g/mol. The van der Waals surface area contributed by atoms with Crippen LogP contribution in [0, 0.1) is 163 Å². The molecule has 0 spiro atoms. The van der Waals surface area contributed by atoms with Crippen molar-refractivity contribution in [3.05, 3.63) is 205 Å². The van der Waals surface area contributed by atoms with Crippen molar-refractivity contribution >= 4 is 71.1 Å². The first-order valence-corrected chi connectivity index (χ1v) is 19.8. The molecule has 0 aliphatic heterocycles. The van der Waals surface area contributed by atoms with Crippen molar-refractivity contribution in [2.24, 2.45) is 0 Å². The fraction of sp³-hybridized carbons (Fsp3) is 0. The zero-order valence-electron chi connectivity index (χ0n) is 35.2. The lowest BCUT2D eigenvalue weighted by molar-refractivity contribution is 0.412. The van der Waals surface area contributed by atoms with E-state index in [1.165, 1.54) is 0 Å². The van der Waals surface area contributed by atoms with E-state index in [0.717, 1.165) is 0 Å². The predicted octanol–water partition coefficient (Wildman–Crippen LogP) is 13.5. The van der Waals surface area contributed by atoms with Crippen LogP contribution in [0.3, 0.4) is 0 Å². The summed E-state index contributed by atoms with van der Waals surface area (Å²) in [5.74, 6) is -102. The van der Waals surface area contributed by atoms with Crippen molar-refractivity contribution < 1.29 is 123 Å². The minimum Gasteiger partial charge on any atom is -0.210 e. The third-order valence-electron chi connectivity index (χ3n) is 12.0. The molecule has 76 heavy (non-hydrogen) atoms. The molecule has 0 bridgehead atoms. The van der Waals surface area contributed by atoms with Gasteiger partial charge in [0.15, 0.2) is 116 Å². The highest BCUT2D eigenvalue weighted by Gasteiger charge is 2.52. The van der Waals surface area contributed by atoms with Crippen LogP contribution in [0.5, 0.6) is 0 Å². The van der Waals surface area contributed by atoms with E-state index in [4.69, 9.17) is 0 Å². The van der Waals surface area contributed by atoms with Crippen molar-refractivity contribution in [3.8, 4) is 0 Å². The molecule has 0 unspecified atom stereocenters. The van der Waals surface area contributed by atoms with Gasteiger partial charge in [-0.25, -0.2) is 123 Å². The maximum Gasteiger partial charge on any atom is 0.198 e. The fourth-order valence-corrected chi connectivity index (χ4v) is 8.85. The van der Waals surface area contributed by atoms with E-state index in [1.807, 2.05) is 42.5 Å². The molecule has 0 fully saturated rings. The van der Waals surface area contributed by atoms with Crippen molar-refractivity contribution in [1.82, 2.24) is 0 Å². The van der Waals surface area contributed by atoms with E-state index in [9.17, 15) is 35.1 Å². The number of fused-ring (bicyclic) bond motifs is 4. The fourth-order valence-electron chi connectivity index (χ4n) is 8.85. The van der Waals surface area contributed by atoms with Gasteiger partial charge >= 0.3 is 0 Å². The molecule has 9 aromatic carbocycles. The molecular formula is C47H7BF28. The largest absolute Gasteiger partial charge is 0.210 e. The zero-order valence-corrected chi connectivity index (χ0v) is 35.2. The molecule has 0 amide bonds. The van der Waals surface area contributed by atoms with Crippen LogP contribution in [0.4, 0.5) is 123 Å². The Labute approximate surface area is 399 Å². The molecule has 0 aliphatic rings. The number of halogens is 28. The van der Waals surface area contributed by atoms with Crippen LogP contribution in [-0.4, -0.2) is 6.15 Å². The number of hydrogen-bond acceptors (Lipinski definition) is 0. The van der Waals surface area contributed by atoms with E-state index in [0.29, 0.717) is 0 Å². The zero-order chi connectivity index (χ0) is 56.5. The molecule has 0 nitrogen and oxygen atoms in total. The Morgan fingerprint density at radius 3 is 0.487 bits per heavy atom. The molecule has 0 aliphatic carbocycles. The molecule has 0 aromatic heterocycles. The Morgan fingerprint density at radius 1 is 0.171 bits per heavy atom. The van der Waals surface area contributed by atoms with Crippen molar-refractivity contribution in [2.45, 2.75) is 0 Å². The van der Waals surface area contributed by atoms with Gasteiger partial charge < -0.3 is 0 Å². The quantitative estimate of drug-likeness (QED) is 0.0542. The summed E-state index contributed by atoms with van der Waals surface area (Å²) in [5, 5.41) is -25.0. The van der Waals surface area contributed by atoms with E-state index in [2.05, 4.69) is 0 Å². The van der Waals surface area contributed by atoms with Gasteiger partial charge in [-0.2, -0.15) is 0 Å². The molecule has 0 atom stereocenters. The molecule has 9 aromatic rings. The van der Waals surface area contributed by atoms with Gasteiger partial charge in [0.2, 0.25) is 0 Å². The van der Waals surface area contributed by atoms with Crippen LogP contribution >= 0.6 is 0 Å². The van der Waals surface area contributed by atoms with Gasteiger partial charge in [0.1, 0.15) is 52.7 Å². The van der Waals surface area contributed by atoms with Gasteiger partial charge in [0, 0.05) is 42.5 Å². The lowest BCUT2D eigenvalue weighted by Gasteiger charge is -2.45. The van der Waals surface area contributed by atoms with Gasteiger partial charge in [-0.15, -0.1) is 21.9 Å². The first-order chi connectivity index (χ1) is 35.5. The highest BCUT2D eigenvalue weighted by molar-refractivity contribution is 7.20. The standard InChI is InChI=1S/C40BF28.C7H7/c42-13-1-5(25(54)37(66)33(62)21(1)50)17(46)29(58)9(13)41(10-14(43)2-6(18(47)30(10)59)26(55)38(67)34(63)22(2)51,11-15(44)3-7(19(48)31(11)60)27(56)39(68)35(64)23(3)52)12-16(45)4-8(20(49)32(12)61)28(57)40(69)36(65)24(4)53;1-2-4-6-7-5-3-1/h;1-7H/q-1;+1. The van der Waals surface area contributed by atoms with Crippen LogP contribution in [-0.2, 0) is 0 Å². The SMILES string of the molecule is Fc1c(F)c(F)c2c(F)c([B-](c3c(F)c(F)c4c(F)c(F)c(F)c(F)c4c3F)(c3c(F)c(F)c4c(F)c(F)c(F)c(F)c4c3F)c3c(F)c(F)c4c(F)c(F)c(F)c(F)c4c3F)c(F)c(F)c2c1F.c1ccc[cH+]cc1. The molecule has 0 heterocycles. The average Bonchev–Trinajstić information content (AvgIpc) is 3.74. The molecule has 0 radical (unpaired) electrons. The summed E-state index contributed by atoms with van der Waals surface area (Å²) in [4.78, 5) is 0. The third kappa shape index (κ3) is 7.04. The predicted molar refractivity (Wildman–Crippen MR) is 210 cm³/mol. The van der Waals surface area contributed by atoms with Crippen LogP contribution < -0.4 is 21.9 Å². The Kier molecular flexibility index (Phi) is 13.3. The second-order valence-corrected chi connectivity index (χ2v) is 15.7. The Hall–Kier alpha value is -8.01. The highest BCUT2D eigenvalue weighted by Crippen LogP contribution is 2.41. The number of benzene rings is 8. The van der Waals surface area contributed by atoms with Gasteiger partial charge in [0.05, 0.1) is 43.1 Å². The number of hydrogen-bond donors (Lipinski definition) is 0. The summed E-state index contributed by atoms with van der Waals surface area (Å²) < 4.78 is 442. The summed E-state index contributed by atoms with van der Waals surface area (Å²) >= 11 is 0. The molecule has 0 saturated heterocycles. The lowest BCUT2D eigenvalue weighted by Crippen LogP contribution is -2.80.